The van der Waals surface area contributed by atoms with Crippen LogP contribution in [-0.2, 0) is 9.59 Å². The Labute approximate surface area is 124 Å². The van der Waals surface area contributed by atoms with Gasteiger partial charge in [-0.25, -0.2) is 5.84 Å². The molecular weight excluding hydrogens is 326 g/mol. The molecule has 7 heteroatoms. The second-order valence-corrected chi connectivity index (χ2v) is 5.30. The topological polar surface area (TPSA) is 92.5 Å². The van der Waals surface area contributed by atoms with Gasteiger partial charge in [0.2, 0.25) is 5.91 Å². The average Bonchev–Trinajstić information content (AvgIpc) is 2.69. The van der Waals surface area contributed by atoms with Gasteiger partial charge < -0.3 is 4.90 Å². The highest BCUT2D eigenvalue weighted by molar-refractivity contribution is 9.10. The molecule has 1 aromatic rings. The Hall–Kier alpha value is -1.73. The van der Waals surface area contributed by atoms with Crippen LogP contribution in [0.1, 0.15) is 29.6 Å². The minimum atomic E-state index is -0.518. The van der Waals surface area contributed by atoms with Crippen LogP contribution in [0, 0.1) is 0 Å². The first kappa shape index (κ1) is 14.7. The highest BCUT2D eigenvalue weighted by Crippen LogP contribution is 2.35. The van der Waals surface area contributed by atoms with Crippen molar-refractivity contribution in [2.75, 3.05) is 11.4 Å². The van der Waals surface area contributed by atoms with Crippen LogP contribution in [0.4, 0.5) is 5.69 Å². The Morgan fingerprint density at radius 2 is 2.05 bits per heavy atom. The molecule has 1 aliphatic rings. The first-order valence-electron chi connectivity index (χ1n) is 6.20. The molecule has 0 saturated heterocycles. The number of benzene rings is 1. The molecule has 0 saturated carbocycles. The third kappa shape index (κ3) is 2.73. The van der Waals surface area contributed by atoms with Gasteiger partial charge in [-0.05, 0) is 40.9 Å². The predicted octanol–water partition coefficient (Wildman–Crippen LogP) is 1.14. The molecular formula is C13H14BrN3O3. The van der Waals surface area contributed by atoms with E-state index in [-0.39, 0.29) is 5.91 Å². The number of carbonyl (C=O) groups is 3. The molecule has 2 amide bonds. The number of rotatable bonds is 5. The molecule has 1 aliphatic heterocycles. The van der Waals surface area contributed by atoms with Crippen molar-refractivity contribution >= 4 is 39.2 Å². The number of carbonyl (C=O) groups excluding carboxylic acids is 3. The Balaban J connectivity index is 2.05. The van der Waals surface area contributed by atoms with Crippen molar-refractivity contribution < 1.29 is 14.4 Å². The lowest BCUT2D eigenvalue weighted by molar-refractivity contribution is -0.121. The van der Waals surface area contributed by atoms with Crippen molar-refractivity contribution in [1.29, 1.82) is 0 Å². The van der Waals surface area contributed by atoms with E-state index in [9.17, 15) is 14.4 Å². The molecule has 0 radical (unpaired) electrons. The fourth-order valence-corrected chi connectivity index (χ4v) is 2.73. The first-order valence-corrected chi connectivity index (χ1v) is 6.99. The number of nitrogens with one attached hydrogen (secondary N) is 1. The Morgan fingerprint density at radius 1 is 1.30 bits per heavy atom. The molecule has 1 aromatic carbocycles. The van der Waals surface area contributed by atoms with Gasteiger partial charge in [-0.1, -0.05) is 6.07 Å². The van der Waals surface area contributed by atoms with Gasteiger partial charge in [-0.15, -0.1) is 0 Å². The third-order valence-electron chi connectivity index (χ3n) is 3.14. The van der Waals surface area contributed by atoms with Crippen LogP contribution in [0.25, 0.3) is 0 Å². The summed E-state index contributed by atoms with van der Waals surface area (Å²) in [5.74, 6) is 3.74. The number of amides is 2. The van der Waals surface area contributed by atoms with Gasteiger partial charge in [0.1, 0.15) is 0 Å². The third-order valence-corrected chi connectivity index (χ3v) is 3.78. The first-order chi connectivity index (χ1) is 9.56. The van der Waals surface area contributed by atoms with E-state index in [1.54, 1.807) is 18.2 Å². The Morgan fingerprint density at radius 3 is 2.75 bits per heavy atom. The van der Waals surface area contributed by atoms with Gasteiger partial charge >= 0.3 is 0 Å². The number of hydrogen-bond acceptors (Lipinski definition) is 4. The fourth-order valence-electron chi connectivity index (χ4n) is 2.15. The van der Waals surface area contributed by atoms with Crippen LogP contribution >= 0.6 is 15.9 Å². The largest absolute Gasteiger partial charge is 0.304 e. The molecule has 0 fully saturated rings. The maximum atomic E-state index is 12.0. The van der Waals surface area contributed by atoms with E-state index in [2.05, 4.69) is 21.4 Å². The molecule has 106 valence electrons. The van der Waals surface area contributed by atoms with E-state index in [4.69, 9.17) is 5.84 Å². The van der Waals surface area contributed by atoms with Crippen molar-refractivity contribution in [1.82, 2.24) is 5.43 Å². The molecule has 2 rings (SSSR count). The number of unbranched alkanes of at least 4 members (excludes halogenated alkanes) is 1. The number of anilines is 1. The smallest absolute Gasteiger partial charge is 0.299 e. The van der Waals surface area contributed by atoms with E-state index >= 15 is 0 Å². The summed E-state index contributed by atoms with van der Waals surface area (Å²) in [6.45, 7) is 0.401. The quantitative estimate of drug-likeness (QED) is 0.276. The number of Topliss-reactive ketones (excluding diaryl/α,β-unsaturated/α-hetero) is 1. The molecule has 0 spiro atoms. The summed E-state index contributed by atoms with van der Waals surface area (Å²) in [4.78, 5) is 36.3. The number of para-hydroxylation sites is 1. The monoisotopic (exact) mass is 339 g/mol. The van der Waals surface area contributed by atoms with E-state index in [0.717, 1.165) is 0 Å². The maximum Gasteiger partial charge on any atom is 0.299 e. The fraction of sp³-hybridized carbons (Fsp3) is 0.308. The second-order valence-electron chi connectivity index (χ2n) is 4.45. The van der Waals surface area contributed by atoms with E-state index < -0.39 is 11.7 Å². The second kappa shape index (κ2) is 6.15. The molecule has 20 heavy (non-hydrogen) atoms. The molecule has 0 aliphatic carbocycles. The minimum absolute atomic E-state index is 0.240. The number of hydrogen-bond donors (Lipinski definition) is 2. The Bertz CT molecular complexity index is 574. The zero-order chi connectivity index (χ0) is 14.7. The summed E-state index contributed by atoms with van der Waals surface area (Å²) < 4.78 is 0.717. The van der Waals surface area contributed by atoms with Crippen molar-refractivity contribution in [3.05, 3.63) is 28.2 Å². The molecule has 0 unspecified atom stereocenters. The molecule has 3 N–H and O–H groups in total. The van der Waals surface area contributed by atoms with Gasteiger partial charge in [0, 0.05) is 17.4 Å². The minimum Gasteiger partial charge on any atom is -0.304 e. The standard InChI is InChI=1S/C13H14BrN3O3/c14-9-5-3-4-8-11(9)17(13(20)12(8)19)7-2-1-6-10(18)16-15/h3-5H,1-2,6-7,15H2,(H,16,18). The van der Waals surface area contributed by atoms with Gasteiger partial charge in [-0.2, -0.15) is 0 Å². The Kier molecular flexibility index (Phi) is 4.51. The van der Waals surface area contributed by atoms with Crippen molar-refractivity contribution in [2.24, 2.45) is 5.84 Å². The van der Waals surface area contributed by atoms with E-state index in [0.29, 0.717) is 41.5 Å². The molecule has 6 nitrogen and oxygen atoms in total. The lowest BCUT2D eigenvalue weighted by Crippen LogP contribution is -2.32. The van der Waals surface area contributed by atoms with Crippen LogP contribution in [0.15, 0.2) is 22.7 Å². The number of hydrazine groups is 1. The van der Waals surface area contributed by atoms with E-state index in [1.807, 2.05) is 0 Å². The normalized spacial score (nSPS) is 13.6. The number of nitrogens with two attached hydrogens (primary N) is 1. The van der Waals surface area contributed by atoms with Crippen LogP contribution in [0.5, 0.6) is 0 Å². The molecule has 0 atom stereocenters. The number of nitrogens with zero attached hydrogens (tertiary/aromatic N) is 1. The predicted molar refractivity (Wildman–Crippen MR) is 77.0 cm³/mol. The van der Waals surface area contributed by atoms with Crippen LogP contribution in [-0.4, -0.2) is 24.1 Å². The summed E-state index contributed by atoms with van der Waals surface area (Å²) in [5.41, 5.74) is 3.09. The summed E-state index contributed by atoms with van der Waals surface area (Å²) in [7, 11) is 0. The highest BCUT2D eigenvalue weighted by Gasteiger charge is 2.36. The summed E-state index contributed by atoms with van der Waals surface area (Å²) in [6, 6.07) is 5.16. The number of halogens is 1. The van der Waals surface area contributed by atoms with Crippen LogP contribution in [0.2, 0.25) is 0 Å². The summed E-state index contributed by atoms with van der Waals surface area (Å²) in [5, 5.41) is 0. The molecule has 0 bridgehead atoms. The lowest BCUT2D eigenvalue weighted by Gasteiger charge is -2.17. The highest BCUT2D eigenvalue weighted by atomic mass is 79.9. The van der Waals surface area contributed by atoms with Gasteiger partial charge in [-0.3, -0.25) is 19.8 Å². The van der Waals surface area contributed by atoms with Crippen molar-refractivity contribution in [3.63, 3.8) is 0 Å². The van der Waals surface area contributed by atoms with Crippen LogP contribution < -0.4 is 16.2 Å². The van der Waals surface area contributed by atoms with Gasteiger partial charge in [0.15, 0.2) is 0 Å². The molecule has 0 aromatic heterocycles. The van der Waals surface area contributed by atoms with Crippen molar-refractivity contribution in [3.8, 4) is 0 Å². The van der Waals surface area contributed by atoms with Gasteiger partial charge in [0.25, 0.3) is 11.7 Å². The SMILES string of the molecule is NNC(=O)CCCCN1C(=O)C(=O)c2cccc(Br)c21. The number of ketones is 1. The van der Waals surface area contributed by atoms with Crippen LogP contribution in [0.3, 0.4) is 0 Å². The zero-order valence-corrected chi connectivity index (χ0v) is 12.3. The maximum absolute atomic E-state index is 12.0. The lowest BCUT2D eigenvalue weighted by atomic mass is 10.1. The number of fused-ring (bicyclic) bond motifs is 1. The van der Waals surface area contributed by atoms with Crippen molar-refractivity contribution in [2.45, 2.75) is 19.3 Å². The zero-order valence-electron chi connectivity index (χ0n) is 10.7. The van der Waals surface area contributed by atoms with Gasteiger partial charge in [0.05, 0.1) is 11.3 Å². The molecule has 1 heterocycles. The van der Waals surface area contributed by atoms with E-state index in [1.165, 1.54) is 4.90 Å². The average molecular weight is 340 g/mol. The summed E-state index contributed by atoms with van der Waals surface area (Å²) >= 11 is 3.36. The summed E-state index contributed by atoms with van der Waals surface area (Å²) in [6.07, 6.45) is 1.52.